The second-order valence-electron chi connectivity index (χ2n) is 4.75. The van der Waals surface area contributed by atoms with Gasteiger partial charge < -0.3 is 15.4 Å². The van der Waals surface area contributed by atoms with Crippen LogP contribution in [0.25, 0.3) is 0 Å². The lowest BCUT2D eigenvalue weighted by Crippen LogP contribution is -2.45. The number of ether oxygens (including phenoxy) is 1. The number of rotatable bonds is 4. The van der Waals surface area contributed by atoms with E-state index < -0.39 is 0 Å². The number of hydrogen-bond donors (Lipinski definition) is 1. The molecule has 1 unspecified atom stereocenters. The molecular formula is C15H20N2O2. The van der Waals surface area contributed by atoms with Gasteiger partial charge in [0.2, 0.25) is 0 Å². The van der Waals surface area contributed by atoms with Gasteiger partial charge in [0, 0.05) is 19.1 Å². The first-order valence-electron chi connectivity index (χ1n) is 6.60. The Bertz CT molecular complexity index is 459. The van der Waals surface area contributed by atoms with Crippen molar-refractivity contribution in [3.05, 3.63) is 42.5 Å². The fraction of sp³-hybridized carbons (Fsp3) is 0.400. The molecule has 2 N–H and O–H groups in total. The molecule has 1 aromatic carbocycles. The Balaban J connectivity index is 2.15. The molecule has 0 radical (unpaired) electrons. The van der Waals surface area contributed by atoms with E-state index in [2.05, 4.69) is 6.58 Å². The summed E-state index contributed by atoms with van der Waals surface area (Å²) >= 11 is 0. The van der Waals surface area contributed by atoms with Gasteiger partial charge in [-0.25, -0.2) is 0 Å². The van der Waals surface area contributed by atoms with E-state index in [-0.39, 0.29) is 11.9 Å². The number of para-hydroxylation sites is 1. The normalized spacial score (nSPS) is 19.0. The molecule has 0 aliphatic carbocycles. The molecule has 1 aromatic rings. The minimum Gasteiger partial charge on any atom is -0.489 e. The van der Waals surface area contributed by atoms with Crippen LogP contribution < -0.4 is 10.5 Å². The van der Waals surface area contributed by atoms with Crippen molar-refractivity contribution in [2.24, 2.45) is 5.73 Å². The van der Waals surface area contributed by atoms with E-state index in [1.54, 1.807) is 18.2 Å². The lowest BCUT2D eigenvalue weighted by Gasteiger charge is -2.31. The fourth-order valence-electron chi connectivity index (χ4n) is 2.28. The highest BCUT2D eigenvalue weighted by Crippen LogP contribution is 2.21. The Morgan fingerprint density at radius 2 is 2.32 bits per heavy atom. The molecule has 1 atom stereocenters. The van der Waals surface area contributed by atoms with Gasteiger partial charge in [0.1, 0.15) is 12.4 Å². The van der Waals surface area contributed by atoms with Gasteiger partial charge in [0.05, 0.1) is 5.56 Å². The lowest BCUT2D eigenvalue weighted by atomic mass is 10.0. The summed E-state index contributed by atoms with van der Waals surface area (Å²) in [5.74, 6) is 0.598. The van der Waals surface area contributed by atoms with Gasteiger partial charge in [0.25, 0.3) is 5.91 Å². The maximum absolute atomic E-state index is 12.5. The second-order valence-corrected chi connectivity index (χ2v) is 4.75. The van der Waals surface area contributed by atoms with Crippen molar-refractivity contribution in [3.63, 3.8) is 0 Å². The predicted molar refractivity (Wildman–Crippen MR) is 75.2 cm³/mol. The lowest BCUT2D eigenvalue weighted by molar-refractivity contribution is 0.0705. The highest BCUT2D eigenvalue weighted by atomic mass is 16.5. The summed E-state index contributed by atoms with van der Waals surface area (Å²) in [6.07, 6.45) is 3.61. The van der Waals surface area contributed by atoms with Crippen molar-refractivity contribution in [2.45, 2.75) is 18.9 Å². The van der Waals surface area contributed by atoms with Gasteiger partial charge in [-0.05, 0) is 25.0 Å². The molecule has 4 nitrogen and oxygen atoms in total. The van der Waals surface area contributed by atoms with Crippen LogP contribution in [0.4, 0.5) is 0 Å². The quantitative estimate of drug-likeness (QED) is 0.840. The van der Waals surface area contributed by atoms with Gasteiger partial charge >= 0.3 is 0 Å². The molecule has 2 rings (SSSR count). The summed E-state index contributed by atoms with van der Waals surface area (Å²) in [4.78, 5) is 14.3. The largest absolute Gasteiger partial charge is 0.489 e. The SMILES string of the molecule is C=CCOc1ccccc1C(=O)N1CCCC(N)C1. The number of likely N-dealkylation sites (tertiary alicyclic amines) is 1. The number of nitrogens with two attached hydrogens (primary N) is 1. The Hall–Kier alpha value is -1.81. The second kappa shape index (κ2) is 6.38. The zero-order valence-corrected chi connectivity index (χ0v) is 11.0. The van der Waals surface area contributed by atoms with E-state index in [0.29, 0.717) is 24.5 Å². The smallest absolute Gasteiger partial charge is 0.257 e. The molecule has 4 heteroatoms. The molecule has 1 fully saturated rings. The van der Waals surface area contributed by atoms with E-state index in [9.17, 15) is 4.79 Å². The van der Waals surface area contributed by atoms with Crippen LogP contribution in [0.15, 0.2) is 36.9 Å². The molecule has 0 aromatic heterocycles. The number of benzene rings is 1. The molecule has 1 aliphatic rings. The molecule has 1 aliphatic heterocycles. The molecule has 0 saturated carbocycles. The third kappa shape index (κ3) is 3.35. The average molecular weight is 260 g/mol. The fourth-order valence-corrected chi connectivity index (χ4v) is 2.28. The van der Waals surface area contributed by atoms with Gasteiger partial charge in [-0.3, -0.25) is 4.79 Å². The number of carbonyl (C=O) groups excluding carboxylic acids is 1. The summed E-state index contributed by atoms with van der Waals surface area (Å²) < 4.78 is 5.53. The average Bonchev–Trinajstić information content (AvgIpc) is 2.44. The van der Waals surface area contributed by atoms with Crippen molar-refractivity contribution in [3.8, 4) is 5.75 Å². The third-order valence-electron chi connectivity index (χ3n) is 3.22. The first-order valence-corrected chi connectivity index (χ1v) is 6.60. The van der Waals surface area contributed by atoms with Crippen molar-refractivity contribution < 1.29 is 9.53 Å². The minimum atomic E-state index is -0.00480. The highest BCUT2D eigenvalue weighted by molar-refractivity contribution is 5.97. The number of amides is 1. The maximum atomic E-state index is 12.5. The van der Waals surface area contributed by atoms with Crippen LogP contribution >= 0.6 is 0 Å². The Morgan fingerprint density at radius 1 is 1.53 bits per heavy atom. The van der Waals surface area contributed by atoms with Crippen LogP contribution in [-0.2, 0) is 0 Å². The first kappa shape index (κ1) is 13.6. The van der Waals surface area contributed by atoms with Gasteiger partial charge in [0.15, 0.2) is 0 Å². The molecule has 1 saturated heterocycles. The van der Waals surface area contributed by atoms with Gasteiger partial charge in [-0.15, -0.1) is 0 Å². The van der Waals surface area contributed by atoms with E-state index in [1.165, 1.54) is 0 Å². The monoisotopic (exact) mass is 260 g/mol. The van der Waals surface area contributed by atoms with Crippen molar-refractivity contribution >= 4 is 5.91 Å². The maximum Gasteiger partial charge on any atom is 0.257 e. The zero-order chi connectivity index (χ0) is 13.7. The van der Waals surface area contributed by atoms with Crippen LogP contribution in [0.3, 0.4) is 0 Å². The zero-order valence-electron chi connectivity index (χ0n) is 11.0. The third-order valence-corrected chi connectivity index (χ3v) is 3.22. The van der Waals surface area contributed by atoms with E-state index in [0.717, 1.165) is 19.4 Å². The summed E-state index contributed by atoms with van der Waals surface area (Å²) in [5, 5.41) is 0. The molecular weight excluding hydrogens is 240 g/mol. The molecule has 0 bridgehead atoms. The number of hydrogen-bond acceptors (Lipinski definition) is 3. The van der Waals surface area contributed by atoms with Crippen LogP contribution in [0.2, 0.25) is 0 Å². The van der Waals surface area contributed by atoms with Crippen LogP contribution in [0.1, 0.15) is 23.2 Å². The number of nitrogens with zero attached hydrogens (tertiary/aromatic N) is 1. The number of piperidine rings is 1. The Labute approximate surface area is 113 Å². The summed E-state index contributed by atoms with van der Waals surface area (Å²) in [6.45, 7) is 5.39. The van der Waals surface area contributed by atoms with E-state index >= 15 is 0 Å². The van der Waals surface area contributed by atoms with E-state index in [4.69, 9.17) is 10.5 Å². The van der Waals surface area contributed by atoms with Gasteiger partial charge in [-0.2, -0.15) is 0 Å². The topological polar surface area (TPSA) is 55.6 Å². The van der Waals surface area contributed by atoms with Crippen LogP contribution in [0.5, 0.6) is 5.75 Å². The molecule has 0 spiro atoms. The van der Waals surface area contributed by atoms with Crippen LogP contribution in [0, 0.1) is 0 Å². The molecule has 19 heavy (non-hydrogen) atoms. The number of carbonyl (C=O) groups is 1. The minimum absolute atomic E-state index is 0.00480. The molecule has 102 valence electrons. The summed E-state index contributed by atoms with van der Waals surface area (Å²) in [7, 11) is 0. The highest BCUT2D eigenvalue weighted by Gasteiger charge is 2.24. The molecule has 1 amide bonds. The van der Waals surface area contributed by atoms with Crippen molar-refractivity contribution in [1.29, 1.82) is 0 Å². The standard InChI is InChI=1S/C15H20N2O2/c1-2-10-19-14-8-4-3-7-13(14)15(18)17-9-5-6-12(16)11-17/h2-4,7-8,12H,1,5-6,9-11,16H2. The summed E-state index contributed by atoms with van der Waals surface area (Å²) in [5.41, 5.74) is 6.52. The van der Waals surface area contributed by atoms with Gasteiger partial charge in [-0.1, -0.05) is 24.8 Å². The Morgan fingerprint density at radius 3 is 3.05 bits per heavy atom. The Kier molecular flexibility index (Phi) is 4.58. The molecule has 1 heterocycles. The van der Waals surface area contributed by atoms with Crippen molar-refractivity contribution in [1.82, 2.24) is 4.90 Å². The van der Waals surface area contributed by atoms with Crippen molar-refractivity contribution in [2.75, 3.05) is 19.7 Å². The van der Waals surface area contributed by atoms with Crippen LogP contribution in [-0.4, -0.2) is 36.5 Å². The summed E-state index contributed by atoms with van der Waals surface area (Å²) in [6, 6.07) is 7.38. The predicted octanol–water partition coefficient (Wildman–Crippen LogP) is 1.81. The van der Waals surface area contributed by atoms with E-state index in [1.807, 2.05) is 17.0 Å². The first-order chi connectivity index (χ1) is 9.22.